The highest BCUT2D eigenvalue weighted by Crippen LogP contribution is 2.17. The van der Waals surface area contributed by atoms with Gasteiger partial charge in [-0.1, -0.05) is 35.9 Å². The van der Waals surface area contributed by atoms with Gasteiger partial charge in [0.2, 0.25) is 0 Å². The van der Waals surface area contributed by atoms with E-state index >= 15 is 0 Å². The molecule has 0 bridgehead atoms. The zero-order valence-electron chi connectivity index (χ0n) is 16.6. The molecule has 30 heavy (non-hydrogen) atoms. The van der Waals surface area contributed by atoms with E-state index in [2.05, 4.69) is 5.10 Å². The third-order valence-corrected chi connectivity index (χ3v) is 5.29. The standard InChI is InChI=1S/C22H20ClFN4O2/c1-3-28-20-19(14(2)25-28)26(13-16-5-4-6-17(23)11-16)22(30)27(21(20)29)12-15-7-9-18(24)10-8-15/h4-11H,3,12-13H2,1-2H3. The summed E-state index contributed by atoms with van der Waals surface area (Å²) in [4.78, 5) is 26.7. The summed E-state index contributed by atoms with van der Waals surface area (Å²) in [7, 11) is 0. The fourth-order valence-electron chi connectivity index (χ4n) is 3.67. The predicted molar refractivity (Wildman–Crippen MR) is 115 cm³/mol. The first-order chi connectivity index (χ1) is 14.4. The Bertz CT molecular complexity index is 1350. The van der Waals surface area contributed by atoms with E-state index in [4.69, 9.17) is 11.6 Å². The average molecular weight is 427 g/mol. The molecule has 0 amide bonds. The van der Waals surface area contributed by atoms with E-state index in [1.54, 1.807) is 40.4 Å². The maximum atomic E-state index is 13.4. The molecule has 4 rings (SSSR count). The van der Waals surface area contributed by atoms with Gasteiger partial charge in [0.15, 0.2) is 5.52 Å². The fourth-order valence-corrected chi connectivity index (χ4v) is 3.88. The molecule has 2 aromatic heterocycles. The molecule has 2 aromatic carbocycles. The van der Waals surface area contributed by atoms with Crippen LogP contribution in [-0.4, -0.2) is 18.9 Å². The SMILES string of the molecule is CCn1nc(C)c2c1c(=O)n(Cc1ccc(F)cc1)c(=O)n2Cc1cccc(Cl)c1. The Labute approximate surface area is 176 Å². The second-order valence-electron chi connectivity index (χ2n) is 7.11. The van der Waals surface area contributed by atoms with Crippen molar-refractivity contribution in [3.8, 4) is 0 Å². The Kier molecular flexibility index (Phi) is 5.30. The number of benzene rings is 2. The molecule has 0 unspecified atom stereocenters. The molecule has 6 nitrogen and oxygen atoms in total. The van der Waals surface area contributed by atoms with E-state index in [1.807, 2.05) is 19.1 Å². The summed E-state index contributed by atoms with van der Waals surface area (Å²) in [6.45, 7) is 4.45. The molecule has 154 valence electrons. The average Bonchev–Trinajstić information content (AvgIpc) is 3.06. The van der Waals surface area contributed by atoms with Crippen LogP contribution in [0.25, 0.3) is 11.0 Å². The van der Waals surface area contributed by atoms with Crippen LogP contribution in [-0.2, 0) is 19.6 Å². The number of hydrogen-bond donors (Lipinski definition) is 0. The van der Waals surface area contributed by atoms with Crippen molar-refractivity contribution in [3.05, 3.63) is 97.0 Å². The normalized spacial score (nSPS) is 11.3. The zero-order chi connectivity index (χ0) is 21.4. The van der Waals surface area contributed by atoms with Gasteiger partial charge in [-0.25, -0.2) is 9.18 Å². The molecule has 0 aliphatic carbocycles. The number of fused-ring (bicyclic) bond motifs is 1. The fraction of sp³-hybridized carbons (Fsp3) is 0.227. The number of rotatable bonds is 5. The van der Waals surface area contributed by atoms with E-state index in [9.17, 15) is 14.0 Å². The summed E-state index contributed by atoms with van der Waals surface area (Å²) in [5, 5.41) is 5.02. The predicted octanol–water partition coefficient (Wildman–Crippen LogP) is 3.58. The van der Waals surface area contributed by atoms with Crippen molar-refractivity contribution in [1.82, 2.24) is 18.9 Å². The van der Waals surface area contributed by atoms with E-state index in [1.165, 1.54) is 16.7 Å². The minimum atomic E-state index is -0.449. The minimum Gasteiger partial charge on any atom is -0.285 e. The van der Waals surface area contributed by atoms with Gasteiger partial charge in [-0.15, -0.1) is 0 Å². The lowest BCUT2D eigenvalue weighted by molar-refractivity contribution is 0.615. The Balaban J connectivity index is 1.96. The van der Waals surface area contributed by atoms with Crippen molar-refractivity contribution in [3.63, 3.8) is 0 Å². The van der Waals surface area contributed by atoms with Gasteiger partial charge in [-0.3, -0.25) is 18.6 Å². The second-order valence-corrected chi connectivity index (χ2v) is 7.55. The highest BCUT2D eigenvalue weighted by molar-refractivity contribution is 6.30. The van der Waals surface area contributed by atoms with E-state index in [0.29, 0.717) is 33.9 Å². The third-order valence-electron chi connectivity index (χ3n) is 5.06. The quantitative estimate of drug-likeness (QED) is 0.490. The van der Waals surface area contributed by atoms with Crippen molar-refractivity contribution >= 4 is 22.6 Å². The van der Waals surface area contributed by atoms with Crippen LogP contribution in [0, 0.1) is 12.7 Å². The van der Waals surface area contributed by atoms with Crippen LogP contribution in [0.15, 0.2) is 58.1 Å². The van der Waals surface area contributed by atoms with Crippen LogP contribution in [0.1, 0.15) is 23.7 Å². The molecule has 0 N–H and O–H groups in total. The first kappa shape index (κ1) is 20.1. The van der Waals surface area contributed by atoms with E-state index in [0.717, 1.165) is 5.56 Å². The number of aryl methyl sites for hydroxylation is 2. The van der Waals surface area contributed by atoms with E-state index in [-0.39, 0.29) is 18.9 Å². The van der Waals surface area contributed by atoms with Crippen molar-refractivity contribution in [2.24, 2.45) is 0 Å². The largest absolute Gasteiger partial charge is 0.332 e. The molecule has 0 radical (unpaired) electrons. The topological polar surface area (TPSA) is 61.8 Å². The van der Waals surface area contributed by atoms with Gasteiger partial charge in [0, 0.05) is 11.6 Å². The lowest BCUT2D eigenvalue weighted by atomic mass is 10.2. The molecule has 0 saturated heterocycles. The Morgan fingerprint density at radius 1 is 0.967 bits per heavy atom. The first-order valence-corrected chi connectivity index (χ1v) is 9.96. The Hall–Kier alpha value is -3.19. The van der Waals surface area contributed by atoms with Gasteiger partial charge in [0.05, 0.1) is 24.3 Å². The van der Waals surface area contributed by atoms with Gasteiger partial charge >= 0.3 is 5.69 Å². The lowest BCUT2D eigenvalue weighted by Gasteiger charge is -2.13. The van der Waals surface area contributed by atoms with E-state index < -0.39 is 11.2 Å². The van der Waals surface area contributed by atoms with Crippen LogP contribution < -0.4 is 11.2 Å². The summed E-state index contributed by atoms with van der Waals surface area (Å²) < 4.78 is 17.6. The lowest BCUT2D eigenvalue weighted by Crippen LogP contribution is -2.41. The summed E-state index contributed by atoms with van der Waals surface area (Å²) in [6, 6.07) is 13.0. The number of aromatic nitrogens is 4. The number of halogens is 2. The highest BCUT2D eigenvalue weighted by atomic mass is 35.5. The Morgan fingerprint density at radius 2 is 1.67 bits per heavy atom. The van der Waals surface area contributed by atoms with Crippen molar-refractivity contribution < 1.29 is 4.39 Å². The molecule has 8 heteroatoms. The second kappa shape index (κ2) is 7.91. The highest BCUT2D eigenvalue weighted by Gasteiger charge is 2.20. The Morgan fingerprint density at radius 3 is 2.33 bits per heavy atom. The van der Waals surface area contributed by atoms with Crippen molar-refractivity contribution in [2.45, 2.75) is 33.5 Å². The summed E-state index contributed by atoms with van der Waals surface area (Å²) in [6.07, 6.45) is 0. The summed E-state index contributed by atoms with van der Waals surface area (Å²) >= 11 is 6.11. The van der Waals surface area contributed by atoms with Gasteiger partial charge < -0.3 is 0 Å². The molecular weight excluding hydrogens is 407 g/mol. The number of hydrogen-bond acceptors (Lipinski definition) is 3. The molecule has 4 aromatic rings. The molecule has 0 aliphatic heterocycles. The zero-order valence-corrected chi connectivity index (χ0v) is 17.4. The monoisotopic (exact) mass is 426 g/mol. The molecular formula is C22H20ClFN4O2. The maximum Gasteiger partial charge on any atom is 0.332 e. The minimum absolute atomic E-state index is 0.0391. The molecule has 2 heterocycles. The van der Waals surface area contributed by atoms with Crippen LogP contribution in [0.5, 0.6) is 0 Å². The first-order valence-electron chi connectivity index (χ1n) is 9.58. The smallest absolute Gasteiger partial charge is 0.285 e. The molecule has 0 spiro atoms. The van der Waals surface area contributed by atoms with Crippen LogP contribution in [0.2, 0.25) is 5.02 Å². The van der Waals surface area contributed by atoms with Gasteiger partial charge in [0.25, 0.3) is 5.56 Å². The molecule has 0 aliphatic rings. The molecule has 0 fully saturated rings. The van der Waals surface area contributed by atoms with Gasteiger partial charge in [-0.05, 0) is 49.2 Å². The maximum absolute atomic E-state index is 13.4. The van der Waals surface area contributed by atoms with Crippen LogP contribution >= 0.6 is 11.6 Å². The van der Waals surface area contributed by atoms with Crippen molar-refractivity contribution in [2.75, 3.05) is 0 Å². The molecule has 0 saturated carbocycles. The summed E-state index contributed by atoms with van der Waals surface area (Å²) in [5.41, 5.74) is 2.13. The number of nitrogens with zero attached hydrogens (tertiary/aromatic N) is 4. The summed E-state index contributed by atoms with van der Waals surface area (Å²) in [5.74, 6) is -0.375. The van der Waals surface area contributed by atoms with Gasteiger partial charge in [0.1, 0.15) is 5.82 Å². The van der Waals surface area contributed by atoms with Crippen LogP contribution in [0.4, 0.5) is 4.39 Å². The third kappa shape index (κ3) is 3.57. The van der Waals surface area contributed by atoms with Crippen molar-refractivity contribution in [1.29, 1.82) is 0 Å². The molecule has 0 atom stereocenters. The van der Waals surface area contributed by atoms with Crippen LogP contribution in [0.3, 0.4) is 0 Å². The van der Waals surface area contributed by atoms with Gasteiger partial charge in [-0.2, -0.15) is 5.10 Å².